The van der Waals surface area contributed by atoms with Gasteiger partial charge < -0.3 is 32.3 Å². The molecule has 2 aliphatic heterocycles. The SMILES string of the molecule is CN(C)C=NC(=O)c1c(-c2ccc(F)cc2)oc2cc(N(C)S(C)(=O)=O)c(-c3ccc4c(n3)-c3cc5c(F)cccc5n3CO4)cc12.CN(c1cc2oc(-c3ccc(F)cc3)c(-c3ncn[nH]3)c2cc1-c1ccc2c(n1)-c1cc3c(F)cccc3n1CO2)S(C)(=O)=O.NN. The van der Waals surface area contributed by atoms with Crippen LogP contribution in [0.1, 0.15) is 10.4 Å². The maximum absolute atomic E-state index is 14.7. The Bertz CT molecular complexity index is 5460. The molecule has 0 saturated carbocycles. The highest BCUT2D eigenvalue weighted by molar-refractivity contribution is 7.92. The monoisotopic (exact) mass is 1310 g/mol. The number of nitrogens with zero attached hydrogens (tertiary/aromatic N) is 10. The van der Waals surface area contributed by atoms with Gasteiger partial charge in [0.2, 0.25) is 20.0 Å². The number of nitrogens with two attached hydrogens (primary N) is 2. The first-order valence-electron chi connectivity index (χ1n) is 28.5. The number of H-pyrrole nitrogens is 1. The summed E-state index contributed by atoms with van der Waals surface area (Å²) < 4.78 is 139. The minimum Gasteiger partial charge on any atom is -0.470 e. The van der Waals surface area contributed by atoms with Crippen molar-refractivity contribution in [3.8, 4) is 90.8 Å². The zero-order valence-electron chi connectivity index (χ0n) is 50.6. The normalized spacial score (nSPS) is 12.5. The van der Waals surface area contributed by atoms with E-state index in [2.05, 4.69) is 31.9 Å². The maximum atomic E-state index is 14.7. The van der Waals surface area contributed by atoms with Crippen LogP contribution in [0.15, 0.2) is 166 Å². The fourth-order valence-corrected chi connectivity index (χ4v) is 12.4. The van der Waals surface area contributed by atoms with Crippen molar-refractivity contribution in [2.75, 3.05) is 49.3 Å². The number of carbonyl (C=O) groups excluding carboxylic acids is 1. The third-order valence-corrected chi connectivity index (χ3v) is 18.4. The summed E-state index contributed by atoms with van der Waals surface area (Å²) in [6.07, 6.45) is 4.89. The van der Waals surface area contributed by atoms with E-state index in [0.29, 0.717) is 129 Å². The molecule has 28 heteroatoms. The number of fused-ring (bicyclic) bond motifs is 12. The molecule has 6 aromatic carbocycles. The Morgan fingerprint density at radius 1 is 0.596 bits per heavy atom. The number of aromatic nitrogens is 7. The van der Waals surface area contributed by atoms with Gasteiger partial charge in [0, 0.05) is 84.1 Å². The average Bonchev–Trinajstić information content (AvgIpc) is 1.55. The number of benzene rings is 6. The summed E-state index contributed by atoms with van der Waals surface area (Å²) in [5.41, 5.74) is 7.96. The lowest BCUT2D eigenvalue weighted by Crippen LogP contribution is -2.25. The fraction of sp³-hybridized carbons (Fsp3) is 0.121. The van der Waals surface area contributed by atoms with E-state index in [4.69, 9.17) is 28.3 Å². The van der Waals surface area contributed by atoms with E-state index in [1.807, 2.05) is 15.2 Å². The molecule has 2 aliphatic rings. The predicted octanol–water partition coefficient (Wildman–Crippen LogP) is 11.9. The standard InChI is InChI=1S/C34H27F2N5O5S.C32H22F2N6O4S.H4N2/c1-39(2)17-37-34(42)31-23-14-22(27(40(3)47(4,43)44)16-30(23)46-33(31)19-8-10-20(35)11-9-19)25-12-13-29-32(38-25)28-15-21-24(36)6-5-7-26(21)41(28)18-45-29;1-39(45(2,41)42)25-14-28-21(29(32-35-15-36-38-32)31(44-28)17-6-8-18(33)9-7-17)12-20(25)23-10-11-27-30(37-23)26-13-19-22(34)4-3-5-24(19)40(26)16-43-27;1-2/h5-17H,18H2,1-4H3;3-15H,16H2,1-2H3,(H,35,36,38);1-2H2. The van der Waals surface area contributed by atoms with E-state index in [9.17, 15) is 39.2 Å². The van der Waals surface area contributed by atoms with Crippen LogP contribution in [0.3, 0.4) is 0 Å². The second-order valence-electron chi connectivity index (χ2n) is 22.1. The van der Waals surface area contributed by atoms with Crippen LogP contribution in [0.25, 0.3) is 123 Å². The van der Waals surface area contributed by atoms with Gasteiger partial charge in [0.1, 0.15) is 75.2 Å². The van der Waals surface area contributed by atoms with Crippen LogP contribution in [0.5, 0.6) is 11.5 Å². The molecule has 0 fully saturated rings. The van der Waals surface area contributed by atoms with E-state index >= 15 is 0 Å². The van der Waals surface area contributed by atoms with Gasteiger partial charge >= 0.3 is 0 Å². The molecule has 0 atom stereocenters. The number of furan rings is 2. The Labute approximate surface area is 532 Å². The molecule has 7 aromatic heterocycles. The molecule has 94 heavy (non-hydrogen) atoms. The van der Waals surface area contributed by atoms with Gasteiger partial charge in [-0.25, -0.2) is 49.3 Å². The molecular weight excluding hydrogens is 1260 g/mol. The molecule has 0 aliphatic carbocycles. The van der Waals surface area contributed by atoms with Crippen LogP contribution >= 0.6 is 0 Å². The molecule has 0 radical (unpaired) electrons. The molecule has 13 aromatic rings. The quantitative estimate of drug-likeness (QED) is 0.0357. The number of anilines is 2. The average molecular weight is 1310 g/mol. The Hall–Kier alpha value is -11.2. The van der Waals surface area contributed by atoms with Crippen LogP contribution < -0.4 is 29.8 Å². The van der Waals surface area contributed by atoms with E-state index in [1.165, 1.54) is 81.4 Å². The molecule has 15 rings (SSSR count). The molecule has 22 nitrogen and oxygen atoms in total. The predicted molar refractivity (Wildman–Crippen MR) is 349 cm³/mol. The van der Waals surface area contributed by atoms with Crippen molar-refractivity contribution in [3.63, 3.8) is 0 Å². The van der Waals surface area contributed by atoms with Gasteiger partial charge in [-0.1, -0.05) is 12.1 Å². The van der Waals surface area contributed by atoms with E-state index in [0.717, 1.165) is 21.1 Å². The topological polar surface area (TPSA) is 281 Å². The summed E-state index contributed by atoms with van der Waals surface area (Å²) in [5, 5.41) is 8.68. The zero-order valence-corrected chi connectivity index (χ0v) is 52.2. The van der Waals surface area contributed by atoms with Crippen LogP contribution in [0.4, 0.5) is 28.9 Å². The summed E-state index contributed by atoms with van der Waals surface area (Å²) in [5.74, 6) is 7.70. The third kappa shape index (κ3) is 10.9. The second-order valence-corrected chi connectivity index (χ2v) is 26.1. The highest BCUT2D eigenvalue weighted by atomic mass is 32.2. The Balaban J connectivity index is 0.000000167. The molecule has 5 N–H and O–H groups in total. The number of pyridine rings is 2. The first-order valence-corrected chi connectivity index (χ1v) is 32.2. The summed E-state index contributed by atoms with van der Waals surface area (Å²) in [6, 6.07) is 37.9. The van der Waals surface area contributed by atoms with Crippen molar-refractivity contribution in [1.82, 2.24) is 39.2 Å². The minimum absolute atomic E-state index is 0.108. The fourth-order valence-electron chi connectivity index (χ4n) is 11.4. The Kier molecular flexibility index (Phi) is 15.6. The third-order valence-electron chi connectivity index (χ3n) is 16.0. The van der Waals surface area contributed by atoms with E-state index in [-0.39, 0.29) is 47.7 Å². The number of sulfonamides is 2. The van der Waals surface area contributed by atoms with Gasteiger partial charge in [0.05, 0.1) is 75.2 Å². The maximum Gasteiger partial charge on any atom is 0.282 e. The summed E-state index contributed by atoms with van der Waals surface area (Å²) in [4.78, 5) is 33.5. The van der Waals surface area contributed by atoms with Gasteiger partial charge in [0.15, 0.2) is 19.3 Å². The smallest absolute Gasteiger partial charge is 0.282 e. The number of carbonyl (C=O) groups is 1. The molecule has 1 amide bonds. The van der Waals surface area contributed by atoms with E-state index < -0.39 is 37.6 Å². The number of aromatic amines is 1. The van der Waals surface area contributed by atoms with Crippen molar-refractivity contribution in [1.29, 1.82) is 0 Å². The number of aliphatic imine (C=N–C) groups is 1. The number of hydrogen-bond acceptors (Lipinski definition) is 15. The second kappa shape index (κ2) is 23.8. The van der Waals surface area contributed by atoms with Gasteiger partial charge in [0.25, 0.3) is 5.91 Å². The van der Waals surface area contributed by atoms with Crippen LogP contribution in [-0.2, 0) is 33.5 Å². The van der Waals surface area contributed by atoms with Crippen LogP contribution in [0, 0.1) is 23.3 Å². The van der Waals surface area contributed by atoms with Gasteiger partial charge in [-0.15, -0.1) is 0 Å². The van der Waals surface area contributed by atoms with Crippen molar-refractivity contribution < 1.29 is 57.5 Å². The number of rotatable bonds is 11. The largest absolute Gasteiger partial charge is 0.470 e. The summed E-state index contributed by atoms with van der Waals surface area (Å²) in [6.45, 7) is 0.344. The highest BCUT2D eigenvalue weighted by Gasteiger charge is 2.31. The summed E-state index contributed by atoms with van der Waals surface area (Å²) in [7, 11) is -1.22. The van der Waals surface area contributed by atoms with Crippen molar-refractivity contribution in [3.05, 3.63) is 181 Å². The summed E-state index contributed by atoms with van der Waals surface area (Å²) >= 11 is 0. The molecule has 0 bridgehead atoms. The van der Waals surface area contributed by atoms with Crippen LogP contribution in [-0.4, -0.2) is 109 Å². The first-order chi connectivity index (χ1) is 45.1. The number of halogens is 4. The van der Waals surface area contributed by atoms with E-state index in [1.54, 1.807) is 104 Å². The molecule has 476 valence electrons. The van der Waals surface area contributed by atoms with Gasteiger partial charge in [-0.2, -0.15) is 10.1 Å². The Morgan fingerprint density at radius 3 is 1.53 bits per heavy atom. The number of nitrogens with one attached hydrogen (secondary N) is 1. The molecule has 0 spiro atoms. The van der Waals surface area contributed by atoms with Crippen molar-refractivity contribution in [2.24, 2.45) is 16.7 Å². The number of hydrogen-bond donors (Lipinski definition) is 3. The number of ether oxygens (including phenoxy) is 2. The molecule has 0 unspecified atom stereocenters. The van der Waals surface area contributed by atoms with Gasteiger partial charge in [-0.3, -0.25) is 30.2 Å². The molecule has 9 heterocycles. The highest BCUT2D eigenvalue weighted by Crippen LogP contribution is 2.48. The molecule has 0 saturated heterocycles. The van der Waals surface area contributed by atoms with Gasteiger partial charge in [-0.05, 0) is 121 Å². The zero-order chi connectivity index (χ0) is 66.2. The lowest BCUT2D eigenvalue weighted by Gasteiger charge is -2.23. The van der Waals surface area contributed by atoms with Crippen LogP contribution in [0.2, 0.25) is 0 Å². The number of hydrazine groups is 1. The van der Waals surface area contributed by atoms with Crippen molar-refractivity contribution >= 4 is 87.4 Å². The molecular formula is C66H53F4N13O9S2. The number of amides is 1. The first kappa shape index (κ1) is 61.6. The Morgan fingerprint density at radius 2 is 1.06 bits per heavy atom. The minimum atomic E-state index is -3.78. The lowest BCUT2D eigenvalue weighted by atomic mass is 10.0. The van der Waals surface area contributed by atoms with Crippen molar-refractivity contribution in [2.45, 2.75) is 13.5 Å². The lowest BCUT2D eigenvalue weighted by molar-refractivity contribution is 0.100.